The molecule has 0 radical (unpaired) electrons. The highest BCUT2D eigenvalue weighted by Gasteiger charge is 2.64. The Labute approximate surface area is 241 Å². The van der Waals surface area contributed by atoms with Gasteiger partial charge < -0.3 is 29.2 Å². The van der Waals surface area contributed by atoms with E-state index in [2.05, 4.69) is 5.32 Å². The number of carbonyl (C=O) groups excluding carboxylic acids is 5. The lowest BCUT2D eigenvalue weighted by molar-refractivity contribution is -0.184. The summed E-state index contributed by atoms with van der Waals surface area (Å²) in [6.07, 6.45) is 0. The van der Waals surface area contributed by atoms with Gasteiger partial charge in [0.25, 0.3) is 5.91 Å². The second-order valence-electron chi connectivity index (χ2n) is 10.6. The lowest BCUT2D eigenvalue weighted by Gasteiger charge is -2.43. The molecule has 0 saturated carbocycles. The fourth-order valence-corrected chi connectivity index (χ4v) is 6.02. The molecule has 11 nitrogen and oxygen atoms in total. The number of hydrogen-bond donors (Lipinski definition) is 1. The van der Waals surface area contributed by atoms with Gasteiger partial charge in [-0.15, -0.1) is 11.8 Å². The minimum Gasteiger partial charge on any atom is -0.484 e. The second-order valence-corrected chi connectivity index (χ2v) is 12.4. The second kappa shape index (κ2) is 12.2. The first-order valence-electron chi connectivity index (χ1n) is 12.9. The summed E-state index contributed by atoms with van der Waals surface area (Å²) in [4.78, 5) is 64.7. The summed E-state index contributed by atoms with van der Waals surface area (Å²) in [5, 5.41) is 2.19. The van der Waals surface area contributed by atoms with Crippen molar-refractivity contribution in [3.8, 4) is 5.75 Å². The van der Waals surface area contributed by atoms with E-state index in [9.17, 15) is 24.0 Å². The highest BCUT2D eigenvalue weighted by molar-refractivity contribution is 8.01. The van der Waals surface area contributed by atoms with E-state index < -0.39 is 64.1 Å². The summed E-state index contributed by atoms with van der Waals surface area (Å²) in [5.41, 5.74) is -0.880. The molecule has 12 heteroatoms. The van der Waals surface area contributed by atoms with E-state index in [1.165, 1.54) is 30.5 Å². The summed E-state index contributed by atoms with van der Waals surface area (Å²) < 4.78 is 20.2. The predicted octanol–water partition coefficient (Wildman–Crippen LogP) is 2.43. The van der Waals surface area contributed by atoms with Crippen LogP contribution >= 0.6 is 11.8 Å². The van der Waals surface area contributed by atoms with Crippen molar-refractivity contribution in [3.63, 3.8) is 0 Å². The summed E-state index contributed by atoms with van der Waals surface area (Å²) >= 11 is 1.35. The third kappa shape index (κ3) is 6.64. The summed E-state index contributed by atoms with van der Waals surface area (Å²) in [5.74, 6) is -2.86. The molecule has 2 fully saturated rings. The first-order valence-corrected chi connectivity index (χ1v) is 13.8. The van der Waals surface area contributed by atoms with Crippen LogP contribution in [0.1, 0.15) is 33.3 Å². The van der Waals surface area contributed by atoms with E-state index in [0.29, 0.717) is 5.75 Å². The van der Waals surface area contributed by atoms with Crippen LogP contribution in [0.2, 0.25) is 0 Å². The van der Waals surface area contributed by atoms with E-state index in [1.54, 1.807) is 62.4 Å². The average Bonchev–Trinajstić information content (AvgIpc) is 3.21. The molecule has 2 aromatic rings. The molecule has 2 saturated heterocycles. The Morgan fingerprint density at radius 2 is 1.54 bits per heavy atom. The van der Waals surface area contributed by atoms with Crippen LogP contribution in [0.5, 0.6) is 5.75 Å². The van der Waals surface area contributed by atoms with Crippen molar-refractivity contribution in [3.05, 3.63) is 66.2 Å². The number of esters is 3. The van der Waals surface area contributed by atoms with Gasteiger partial charge in [-0.1, -0.05) is 48.5 Å². The monoisotopic (exact) mass is 584 g/mol. The van der Waals surface area contributed by atoms with Gasteiger partial charge in [0.2, 0.25) is 12.7 Å². The van der Waals surface area contributed by atoms with E-state index in [4.69, 9.17) is 18.9 Å². The lowest BCUT2D eigenvalue weighted by atomic mass is 9.94. The fourth-order valence-electron chi connectivity index (χ4n) is 4.39. The highest BCUT2D eigenvalue weighted by Crippen LogP contribution is 2.51. The van der Waals surface area contributed by atoms with Crippen LogP contribution in [-0.2, 0) is 44.8 Å². The number of carbonyl (C=O) groups is 5. The van der Waals surface area contributed by atoms with E-state index in [-0.39, 0.29) is 13.2 Å². The van der Waals surface area contributed by atoms with Crippen molar-refractivity contribution >= 4 is 41.5 Å². The zero-order valence-corrected chi connectivity index (χ0v) is 24.0. The molecule has 1 unspecified atom stereocenters. The zero-order valence-electron chi connectivity index (χ0n) is 23.2. The number of nitrogens with one attached hydrogen (secondary N) is 1. The zero-order chi connectivity index (χ0) is 29.8. The summed E-state index contributed by atoms with van der Waals surface area (Å²) in [6.45, 7) is 5.25. The van der Waals surface area contributed by atoms with Crippen molar-refractivity contribution < 1.29 is 42.9 Å². The first kappa shape index (κ1) is 29.9. The number of nitrogens with zero attached hydrogens (tertiary/aromatic N) is 1. The largest absolute Gasteiger partial charge is 0.484 e. The third-order valence-corrected chi connectivity index (χ3v) is 8.29. The van der Waals surface area contributed by atoms with Crippen LogP contribution in [0.3, 0.4) is 0 Å². The van der Waals surface area contributed by atoms with Gasteiger partial charge in [0.1, 0.15) is 29.8 Å². The van der Waals surface area contributed by atoms with E-state index in [1.807, 2.05) is 12.1 Å². The maximum absolute atomic E-state index is 13.0. The molecule has 2 aromatic carbocycles. The van der Waals surface area contributed by atoms with Crippen LogP contribution in [0.15, 0.2) is 60.7 Å². The number of β-lactam (4-membered cyclic amide) rings is 1. The SMILES string of the molecule is CC(C)(C(=O)OCOC(=O)[C@@H]1N2C(=O)C(NC(=O)COc3ccccc3)[C@H]2SC1(C)C)C(=O)OCc1ccccc1. The molecule has 1 N–H and O–H groups in total. The van der Waals surface area contributed by atoms with Gasteiger partial charge >= 0.3 is 17.9 Å². The van der Waals surface area contributed by atoms with Gasteiger partial charge in [0.15, 0.2) is 12.0 Å². The molecule has 2 aliphatic heterocycles. The average molecular weight is 585 g/mol. The molecular weight excluding hydrogens is 552 g/mol. The number of hydrogen-bond acceptors (Lipinski definition) is 10. The standard InChI is InChI=1S/C29H32N2O9S/c1-28(2,26(35)38-15-18-11-7-5-8-12-18)27(36)40-17-39-25(34)22-29(3,4)41-24-21(23(33)31(22)24)30-20(32)16-37-19-13-9-6-10-14-19/h5-14,21-22,24H,15-17H2,1-4H3,(H,30,32)/t21?,22-,24+/m0/s1. The molecule has 3 atom stereocenters. The van der Waals surface area contributed by atoms with Crippen LogP contribution in [0.4, 0.5) is 0 Å². The molecular formula is C29H32N2O9S. The van der Waals surface area contributed by atoms with Crippen molar-refractivity contribution in [2.75, 3.05) is 13.4 Å². The quantitative estimate of drug-likeness (QED) is 0.181. The molecule has 0 aliphatic carbocycles. The number of ether oxygens (including phenoxy) is 4. The van der Waals surface area contributed by atoms with Gasteiger partial charge in [-0.2, -0.15) is 0 Å². The van der Waals surface area contributed by atoms with Crippen LogP contribution in [0, 0.1) is 5.41 Å². The number of thioether (sulfide) groups is 1. The molecule has 2 heterocycles. The molecule has 2 amide bonds. The lowest BCUT2D eigenvalue weighted by Crippen LogP contribution is -2.71. The Morgan fingerprint density at radius 1 is 0.927 bits per heavy atom. The van der Waals surface area contributed by atoms with Gasteiger partial charge in [0.05, 0.1) is 0 Å². The minimum absolute atomic E-state index is 0.00761. The molecule has 0 bridgehead atoms. The van der Waals surface area contributed by atoms with Crippen LogP contribution in [0.25, 0.3) is 0 Å². The van der Waals surface area contributed by atoms with E-state index >= 15 is 0 Å². The summed E-state index contributed by atoms with van der Waals surface area (Å²) in [6, 6.07) is 16.0. The first-order chi connectivity index (χ1) is 19.4. The minimum atomic E-state index is -1.64. The summed E-state index contributed by atoms with van der Waals surface area (Å²) in [7, 11) is 0. The van der Waals surface area contributed by atoms with Gasteiger partial charge in [-0.05, 0) is 45.4 Å². The Hall–Kier alpha value is -4.06. The van der Waals surface area contributed by atoms with Crippen LogP contribution in [-0.4, -0.2) is 70.2 Å². The maximum atomic E-state index is 13.0. The van der Waals surface area contributed by atoms with Crippen molar-refractivity contribution in [2.24, 2.45) is 5.41 Å². The van der Waals surface area contributed by atoms with Crippen molar-refractivity contribution in [1.29, 1.82) is 0 Å². The molecule has 0 aromatic heterocycles. The topological polar surface area (TPSA) is 138 Å². The molecule has 0 spiro atoms. The predicted molar refractivity (Wildman–Crippen MR) is 147 cm³/mol. The number of rotatable bonds is 11. The smallest absolute Gasteiger partial charge is 0.333 e. The van der Waals surface area contributed by atoms with Gasteiger partial charge in [-0.25, -0.2) is 4.79 Å². The Morgan fingerprint density at radius 3 is 2.20 bits per heavy atom. The van der Waals surface area contributed by atoms with Crippen molar-refractivity contribution in [1.82, 2.24) is 10.2 Å². The van der Waals surface area contributed by atoms with Gasteiger partial charge in [0, 0.05) is 4.75 Å². The fraction of sp³-hybridized carbons (Fsp3) is 0.414. The van der Waals surface area contributed by atoms with E-state index in [0.717, 1.165) is 5.56 Å². The normalized spacial score (nSPS) is 20.7. The molecule has 218 valence electrons. The van der Waals surface area contributed by atoms with Crippen LogP contribution < -0.4 is 10.1 Å². The molecule has 4 rings (SSSR count). The number of amides is 2. The highest BCUT2D eigenvalue weighted by atomic mass is 32.2. The Bertz CT molecular complexity index is 1300. The van der Waals surface area contributed by atoms with Crippen molar-refractivity contribution in [2.45, 2.75) is 56.5 Å². The molecule has 41 heavy (non-hydrogen) atoms. The third-order valence-electron chi connectivity index (χ3n) is 6.72. The number of para-hydroxylation sites is 1. The Kier molecular flexibility index (Phi) is 8.91. The number of fused-ring (bicyclic) bond motifs is 1. The number of benzene rings is 2. The maximum Gasteiger partial charge on any atom is 0.333 e. The Balaban J connectivity index is 1.25. The van der Waals surface area contributed by atoms with Gasteiger partial charge in [-0.3, -0.25) is 19.2 Å². The molecule has 2 aliphatic rings.